The number of aromatic nitrogens is 1. The third-order valence-electron chi connectivity index (χ3n) is 3.31. The van der Waals surface area contributed by atoms with Crippen LogP contribution in [0.15, 0.2) is 48.7 Å². The number of nitrogens with zero attached hydrogens (tertiary/aromatic N) is 2. The van der Waals surface area contributed by atoms with E-state index in [0.29, 0.717) is 30.2 Å². The third kappa shape index (κ3) is 5.07. The van der Waals surface area contributed by atoms with Crippen molar-refractivity contribution in [1.29, 1.82) is 0 Å². The van der Waals surface area contributed by atoms with E-state index in [-0.39, 0.29) is 11.8 Å². The highest BCUT2D eigenvalue weighted by atomic mass is 35.5. The Morgan fingerprint density at radius 1 is 1.17 bits per heavy atom. The molecule has 23 heavy (non-hydrogen) atoms. The monoisotopic (exact) mass is 331 g/mol. The SMILES string of the molecule is CC(=O)N(CCNC(=O)c1ccccc1Cl)Cc1ccccn1. The normalized spacial score (nSPS) is 10.2. The second-order valence-corrected chi connectivity index (χ2v) is 5.40. The van der Waals surface area contributed by atoms with Gasteiger partial charge in [0.15, 0.2) is 0 Å². The number of nitrogens with one attached hydrogen (secondary N) is 1. The number of hydrogen-bond donors (Lipinski definition) is 1. The smallest absolute Gasteiger partial charge is 0.252 e. The molecule has 0 fully saturated rings. The van der Waals surface area contributed by atoms with Crippen molar-refractivity contribution >= 4 is 23.4 Å². The van der Waals surface area contributed by atoms with Crippen LogP contribution in [-0.2, 0) is 11.3 Å². The quantitative estimate of drug-likeness (QED) is 0.884. The molecule has 0 spiro atoms. The van der Waals surface area contributed by atoms with Crippen molar-refractivity contribution < 1.29 is 9.59 Å². The molecule has 0 unspecified atom stereocenters. The van der Waals surface area contributed by atoms with Gasteiger partial charge < -0.3 is 10.2 Å². The Kier molecular flexibility index (Phi) is 6.11. The first-order valence-corrected chi connectivity index (χ1v) is 7.64. The fourth-order valence-electron chi connectivity index (χ4n) is 2.08. The van der Waals surface area contributed by atoms with E-state index in [2.05, 4.69) is 10.3 Å². The lowest BCUT2D eigenvalue weighted by molar-refractivity contribution is -0.129. The van der Waals surface area contributed by atoms with Crippen molar-refractivity contribution in [3.63, 3.8) is 0 Å². The van der Waals surface area contributed by atoms with Gasteiger partial charge in [-0.1, -0.05) is 29.8 Å². The summed E-state index contributed by atoms with van der Waals surface area (Å²) in [7, 11) is 0. The summed E-state index contributed by atoms with van der Waals surface area (Å²) >= 11 is 5.98. The lowest BCUT2D eigenvalue weighted by Crippen LogP contribution is -2.37. The van der Waals surface area contributed by atoms with Crippen LogP contribution in [0.2, 0.25) is 5.02 Å². The van der Waals surface area contributed by atoms with E-state index < -0.39 is 0 Å². The first-order chi connectivity index (χ1) is 11.1. The summed E-state index contributed by atoms with van der Waals surface area (Å²) in [6, 6.07) is 12.4. The van der Waals surface area contributed by atoms with E-state index in [0.717, 1.165) is 5.69 Å². The van der Waals surface area contributed by atoms with Gasteiger partial charge in [-0.3, -0.25) is 14.6 Å². The Morgan fingerprint density at radius 2 is 1.91 bits per heavy atom. The van der Waals surface area contributed by atoms with Gasteiger partial charge in [0.1, 0.15) is 0 Å². The fourth-order valence-corrected chi connectivity index (χ4v) is 2.30. The van der Waals surface area contributed by atoms with Gasteiger partial charge in [-0.05, 0) is 24.3 Å². The topological polar surface area (TPSA) is 62.3 Å². The molecule has 120 valence electrons. The first-order valence-electron chi connectivity index (χ1n) is 7.26. The Morgan fingerprint density at radius 3 is 2.57 bits per heavy atom. The van der Waals surface area contributed by atoms with Gasteiger partial charge in [-0.2, -0.15) is 0 Å². The van der Waals surface area contributed by atoms with E-state index >= 15 is 0 Å². The molecule has 2 aromatic rings. The van der Waals surface area contributed by atoms with Crippen LogP contribution in [0.25, 0.3) is 0 Å². The Balaban J connectivity index is 1.88. The average Bonchev–Trinajstić information content (AvgIpc) is 2.55. The van der Waals surface area contributed by atoms with Crippen LogP contribution in [0, 0.1) is 0 Å². The minimum Gasteiger partial charge on any atom is -0.350 e. The van der Waals surface area contributed by atoms with Gasteiger partial charge in [0.2, 0.25) is 5.91 Å². The highest BCUT2D eigenvalue weighted by molar-refractivity contribution is 6.33. The summed E-state index contributed by atoms with van der Waals surface area (Å²) in [5.74, 6) is -0.320. The largest absolute Gasteiger partial charge is 0.350 e. The summed E-state index contributed by atoms with van der Waals surface area (Å²) in [6.07, 6.45) is 1.69. The van der Waals surface area contributed by atoms with E-state index in [4.69, 9.17) is 11.6 Å². The van der Waals surface area contributed by atoms with Crippen molar-refractivity contribution in [1.82, 2.24) is 15.2 Å². The third-order valence-corrected chi connectivity index (χ3v) is 3.64. The summed E-state index contributed by atoms with van der Waals surface area (Å²) in [5, 5.41) is 3.18. The Hall–Kier alpha value is -2.40. The fraction of sp³-hybridized carbons (Fsp3) is 0.235. The van der Waals surface area contributed by atoms with E-state index in [1.165, 1.54) is 6.92 Å². The molecule has 1 heterocycles. The van der Waals surface area contributed by atoms with E-state index in [1.54, 1.807) is 35.4 Å². The number of amides is 2. The molecule has 0 saturated carbocycles. The molecule has 5 nitrogen and oxygen atoms in total. The van der Waals surface area contributed by atoms with Crippen molar-refractivity contribution in [3.05, 3.63) is 64.9 Å². The number of carbonyl (C=O) groups excluding carboxylic acids is 2. The minimum absolute atomic E-state index is 0.0670. The molecular formula is C17H18ClN3O2. The zero-order valence-electron chi connectivity index (χ0n) is 12.8. The summed E-state index contributed by atoms with van der Waals surface area (Å²) in [4.78, 5) is 29.6. The molecule has 6 heteroatoms. The molecule has 0 radical (unpaired) electrons. The van der Waals surface area contributed by atoms with Crippen molar-refractivity contribution in [2.24, 2.45) is 0 Å². The molecule has 1 aromatic heterocycles. The van der Waals surface area contributed by atoms with Gasteiger partial charge in [0.05, 0.1) is 22.8 Å². The molecular weight excluding hydrogens is 314 g/mol. The van der Waals surface area contributed by atoms with E-state index in [1.807, 2.05) is 18.2 Å². The lowest BCUT2D eigenvalue weighted by atomic mass is 10.2. The molecule has 2 rings (SSSR count). The Bertz CT molecular complexity index is 677. The molecule has 0 aliphatic carbocycles. The van der Waals surface area contributed by atoms with Gasteiger partial charge in [-0.25, -0.2) is 0 Å². The summed E-state index contributed by atoms with van der Waals surface area (Å²) < 4.78 is 0. The highest BCUT2D eigenvalue weighted by Gasteiger charge is 2.12. The van der Waals surface area contributed by atoms with Crippen molar-refractivity contribution in [2.75, 3.05) is 13.1 Å². The summed E-state index contributed by atoms with van der Waals surface area (Å²) in [6.45, 7) is 2.66. The number of pyridine rings is 1. The van der Waals surface area contributed by atoms with Crippen LogP contribution in [0.4, 0.5) is 0 Å². The number of carbonyl (C=O) groups is 2. The van der Waals surface area contributed by atoms with Crippen molar-refractivity contribution in [3.8, 4) is 0 Å². The molecule has 0 saturated heterocycles. The first kappa shape index (κ1) is 17.0. The van der Waals surface area contributed by atoms with E-state index in [9.17, 15) is 9.59 Å². The molecule has 0 aliphatic rings. The Labute approximate surface area is 140 Å². The number of hydrogen-bond acceptors (Lipinski definition) is 3. The maximum atomic E-state index is 12.1. The molecule has 1 aromatic carbocycles. The molecule has 0 bridgehead atoms. The van der Waals surface area contributed by atoms with Gasteiger partial charge >= 0.3 is 0 Å². The maximum absolute atomic E-state index is 12.1. The number of halogens is 1. The number of rotatable bonds is 6. The predicted octanol–water partition coefficient (Wildman–Crippen LogP) is 2.51. The lowest BCUT2D eigenvalue weighted by Gasteiger charge is -2.21. The zero-order valence-corrected chi connectivity index (χ0v) is 13.6. The van der Waals surface area contributed by atoms with Gasteiger partial charge in [0, 0.05) is 26.2 Å². The molecule has 2 amide bonds. The summed E-state index contributed by atoms with van der Waals surface area (Å²) in [5.41, 5.74) is 1.23. The van der Waals surface area contributed by atoms with Crippen LogP contribution in [0.1, 0.15) is 23.0 Å². The number of benzene rings is 1. The van der Waals surface area contributed by atoms with Gasteiger partial charge in [0.25, 0.3) is 5.91 Å². The average molecular weight is 332 g/mol. The second-order valence-electron chi connectivity index (χ2n) is 5.00. The van der Waals surface area contributed by atoms with Gasteiger partial charge in [-0.15, -0.1) is 0 Å². The molecule has 1 N–H and O–H groups in total. The molecule has 0 atom stereocenters. The van der Waals surface area contributed by atoms with Crippen LogP contribution >= 0.6 is 11.6 Å². The zero-order chi connectivity index (χ0) is 16.7. The standard InChI is InChI=1S/C17H18ClN3O2/c1-13(22)21(12-14-6-4-5-9-19-14)11-10-20-17(23)15-7-2-3-8-16(15)18/h2-9H,10-12H2,1H3,(H,20,23). The van der Waals surface area contributed by atoms with Crippen LogP contribution in [0.5, 0.6) is 0 Å². The van der Waals surface area contributed by atoms with Crippen LogP contribution in [0.3, 0.4) is 0 Å². The van der Waals surface area contributed by atoms with Crippen LogP contribution in [-0.4, -0.2) is 34.8 Å². The second kappa shape index (κ2) is 8.29. The maximum Gasteiger partial charge on any atom is 0.252 e. The van der Waals surface area contributed by atoms with Crippen LogP contribution < -0.4 is 5.32 Å². The highest BCUT2D eigenvalue weighted by Crippen LogP contribution is 2.14. The van der Waals surface area contributed by atoms with Crippen molar-refractivity contribution in [2.45, 2.75) is 13.5 Å². The molecule has 0 aliphatic heterocycles. The minimum atomic E-state index is -0.253. The predicted molar refractivity (Wildman–Crippen MR) is 89.1 cm³/mol.